The molecule has 0 saturated carbocycles. The highest BCUT2D eigenvalue weighted by atomic mass is 16.5. The van der Waals surface area contributed by atoms with Gasteiger partial charge in [0, 0.05) is 0 Å². The monoisotopic (exact) mass is 282 g/mol. The molecule has 0 unspecified atom stereocenters. The fourth-order valence-electron chi connectivity index (χ4n) is 3.72. The van der Waals surface area contributed by atoms with E-state index in [-0.39, 0.29) is 0 Å². The Morgan fingerprint density at radius 3 is 2.32 bits per heavy atom. The van der Waals surface area contributed by atoms with Gasteiger partial charge >= 0.3 is 0 Å². The van der Waals surface area contributed by atoms with Gasteiger partial charge in [0.15, 0.2) is 0 Å². The summed E-state index contributed by atoms with van der Waals surface area (Å²) >= 11 is 0. The highest BCUT2D eigenvalue weighted by molar-refractivity contribution is 6.21. The molecule has 1 aliphatic rings. The minimum Gasteiger partial charge on any atom is -0.497 e. The van der Waals surface area contributed by atoms with Gasteiger partial charge in [-0.3, -0.25) is 0 Å². The van der Waals surface area contributed by atoms with E-state index in [1.807, 2.05) is 6.07 Å². The molecule has 0 aliphatic heterocycles. The Morgan fingerprint density at radius 1 is 0.682 bits per heavy atom. The van der Waals surface area contributed by atoms with E-state index in [0.717, 1.165) is 5.75 Å². The molecule has 5 rings (SSSR count). The van der Waals surface area contributed by atoms with Gasteiger partial charge in [0.2, 0.25) is 0 Å². The molecule has 0 N–H and O–H groups in total. The van der Waals surface area contributed by atoms with Crippen LogP contribution in [0.1, 0.15) is 0 Å². The van der Waals surface area contributed by atoms with Crippen molar-refractivity contribution in [2.24, 2.45) is 0 Å². The Hall–Kier alpha value is -2.80. The number of fused-ring (bicyclic) bond motifs is 5. The first-order valence-electron chi connectivity index (χ1n) is 7.50. The zero-order valence-electron chi connectivity index (χ0n) is 12.3. The van der Waals surface area contributed by atoms with Crippen molar-refractivity contribution >= 4 is 21.5 Å². The zero-order chi connectivity index (χ0) is 14.7. The Morgan fingerprint density at radius 2 is 1.50 bits per heavy atom. The molecule has 0 spiro atoms. The normalized spacial score (nSPS) is 11.9. The van der Waals surface area contributed by atoms with Gasteiger partial charge in [-0.25, -0.2) is 0 Å². The predicted octanol–water partition coefficient (Wildman–Crippen LogP) is 5.65. The maximum absolute atomic E-state index is 5.36. The minimum atomic E-state index is 0.904. The van der Waals surface area contributed by atoms with Gasteiger partial charge in [-0.1, -0.05) is 54.6 Å². The maximum Gasteiger partial charge on any atom is 0.119 e. The van der Waals surface area contributed by atoms with Crippen molar-refractivity contribution in [3.63, 3.8) is 0 Å². The van der Waals surface area contributed by atoms with Crippen LogP contribution in [-0.2, 0) is 0 Å². The highest BCUT2D eigenvalue weighted by Crippen LogP contribution is 2.50. The van der Waals surface area contributed by atoms with Crippen LogP contribution in [0.15, 0.2) is 66.7 Å². The van der Waals surface area contributed by atoms with Crippen molar-refractivity contribution in [2.45, 2.75) is 0 Å². The van der Waals surface area contributed by atoms with E-state index in [9.17, 15) is 0 Å². The molecule has 1 nitrogen and oxygen atoms in total. The van der Waals surface area contributed by atoms with Crippen LogP contribution >= 0.6 is 0 Å². The minimum absolute atomic E-state index is 0.904. The third-order valence-corrected chi connectivity index (χ3v) is 4.69. The average molecular weight is 282 g/mol. The van der Waals surface area contributed by atoms with E-state index in [2.05, 4.69) is 60.7 Å². The lowest BCUT2D eigenvalue weighted by atomic mass is 9.96. The number of hydrogen-bond donors (Lipinski definition) is 0. The van der Waals surface area contributed by atoms with E-state index in [4.69, 9.17) is 4.74 Å². The maximum atomic E-state index is 5.36. The molecule has 0 saturated heterocycles. The van der Waals surface area contributed by atoms with Crippen molar-refractivity contribution in [1.82, 2.24) is 0 Å². The van der Waals surface area contributed by atoms with Crippen molar-refractivity contribution in [1.29, 1.82) is 0 Å². The summed E-state index contributed by atoms with van der Waals surface area (Å²) in [5, 5.41) is 5.21. The first-order valence-corrected chi connectivity index (χ1v) is 7.50. The summed E-state index contributed by atoms with van der Waals surface area (Å²) in [6, 6.07) is 23.9. The average Bonchev–Trinajstić information content (AvgIpc) is 2.91. The fourth-order valence-corrected chi connectivity index (χ4v) is 3.72. The van der Waals surface area contributed by atoms with Crippen molar-refractivity contribution < 1.29 is 4.74 Å². The van der Waals surface area contributed by atoms with Crippen LogP contribution < -0.4 is 4.74 Å². The first-order chi connectivity index (χ1) is 10.9. The number of methoxy groups -OCH3 is 1. The van der Waals surface area contributed by atoms with Gasteiger partial charge in [0.05, 0.1) is 7.11 Å². The van der Waals surface area contributed by atoms with Gasteiger partial charge in [0.25, 0.3) is 0 Å². The molecule has 1 heteroatoms. The van der Waals surface area contributed by atoms with Crippen LogP contribution in [0.3, 0.4) is 0 Å². The van der Waals surface area contributed by atoms with E-state index in [1.165, 1.54) is 43.8 Å². The molecule has 1 aliphatic carbocycles. The number of benzene rings is 4. The number of hydrogen-bond acceptors (Lipinski definition) is 1. The quantitative estimate of drug-likeness (QED) is 0.386. The predicted molar refractivity (Wildman–Crippen MR) is 92.4 cm³/mol. The third-order valence-electron chi connectivity index (χ3n) is 4.69. The van der Waals surface area contributed by atoms with Gasteiger partial charge in [-0.15, -0.1) is 0 Å². The van der Waals surface area contributed by atoms with Crippen LogP contribution in [0.4, 0.5) is 0 Å². The van der Waals surface area contributed by atoms with Crippen LogP contribution in [0.5, 0.6) is 5.75 Å². The molecule has 0 amide bonds. The van der Waals surface area contributed by atoms with E-state index in [1.54, 1.807) is 7.11 Å². The molecule has 0 radical (unpaired) electrons. The molecule has 104 valence electrons. The molecule has 22 heavy (non-hydrogen) atoms. The van der Waals surface area contributed by atoms with E-state index >= 15 is 0 Å². The molecule has 0 heterocycles. The molecule has 4 aromatic carbocycles. The second kappa shape index (κ2) is 4.11. The first kappa shape index (κ1) is 11.8. The summed E-state index contributed by atoms with van der Waals surface area (Å²) in [4.78, 5) is 0. The number of rotatable bonds is 1. The Kier molecular flexibility index (Phi) is 2.21. The van der Waals surface area contributed by atoms with Crippen LogP contribution in [0.2, 0.25) is 0 Å². The summed E-state index contributed by atoms with van der Waals surface area (Å²) in [7, 11) is 1.71. The second-order valence-corrected chi connectivity index (χ2v) is 5.78. The molecular weight excluding hydrogens is 268 g/mol. The fraction of sp³-hybridized carbons (Fsp3) is 0.0476. The van der Waals surface area contributed by atoms with Crippen LogP contribution in [-0.4, -0.2) is 7.11 Å². The molecule has 0 atom stereocenters. The third kappa shape index (κ3) is 1.38. The lowest BCUT2D eigenvalue weighted by Crippen LogP contribution is -1.85. The molecule has 0 aromatic heterocycles. The molecular formula is C21H14O. The van der Waals surface area contributed by atoms with Crippen LogP contribution in [0, 0.1) is 0 Å². The SMILES string of the molecule is COc1ccc2c3c(ccc2c1)-c1cccc2cccc-3c12. The molecule has 0 bridgehead atoms. The van der Waals surface area contributed by atoms with Crippen molar-refractivity contribution in [3.05, 3.63) is 66.7 Å². The largest absolute Gasteiger partial charge is 0.497 e. The zero-order valence-corrected chi connectivity index (χ0v) is 12.3. The smallest absolute Gasteiger partial charge is 0.119 e. The second-order valence-electron chi connectivity index (χ2n) is 5.78. The topological polar surface area (TPSA) is 9.23 Å². The van der Waals surface area contributed by atoms with Crippen molar-refractivity contribution in [3.8, 4) is 28.0 Å². The number of ether oxygens (including phenoxy) is 1. The Labute approximate surface area is 128 Å². The van der Waals surface area contributed by atoms with Crippen molar-refractivity contribution in [2.75, 3.05) is 7.11 Å². The molecule has 4 aromatic rings. The van der Waals surface area contributed by atoms with E-state index < -0.39 is 0 Å². The Bertz CT molecular complexity index is 1050. The Balaban J connectivity index is 1.97. The molecule has 0 fully saturated rings. The van der Waals surface area contributed by atoms with Gasteiger partial charge in [-0.05, 0) is 55.9 Å². The summed E-state index contributed by atoms with van der Waals surface area (Å²) < 4.78 is 5.36. The standard InChI is InChI=1S/C21H14O/c1-22-15-9-11-16-14(12-15)8-10-18-17-6-2-4-13-5-3-7-19(20(13)17)21(16)18/h2-12H,1H3. The lowest BCUT2D eigenvalue weighted by Gasteiger charge is -2.09. The summed E-state index contributed by atoms with van der Waals surface area (Å²) in [5.74, 6) is 0.904. The summed E-state index contributed by atoms with van der Waals surface area (Å²) in [5.41, 5.74) is 5.39. The van der Waals surface area contributed by atoms with Gasteiger partial charge in [-0.2, -0.15) is 0 Å². The van der Waals surface area contributed by atoms with E-state index in [0.29, 0.717) is 0 Å². The lowest BCUT2D eigenvalue weighted by molar-refractivity contribution is 0.415. The summed E-state index contributed by atoms with van der Waals surface area (Å²) in [6.45, 7) is 0. The summed E-state index contributed by atoms with van der Waals surface area (Å²) in [6.07, 6.45) is 0. The van der Waals surface area contributed by atoms with Gasteiger partial charge in [0.1, 0.15) is 5.75 Å². The highest BCUT2D eigenvalue weighted by Gasteiger charge is 2.22. The van der Waals surface area contributed by atoms with Gasteiger partial charge < -0.3 is 4.74 Å². The van der Waals surface area contributed by atoms with Crippen LogP contribution in [0.25, 0.3) is 43.8 Å².